The Morgan fingerprint density at radius 2 is 1.81 bits per heavy atom. The zero-order valence-electron chi connectivity index (χ0n) is 15.3. The van der Waals surface area contributed by atoms with Crippen molar-refractivity contribution in [3.8, 4) is 17.2 Å². The summed E-state index contributed by atoms with van der Waals surface area (Å²) >= 11 is 5.22. The Kier molecular flexibility index (Phi) is 6.13. The van der Waals surface area contributed by atoms with Gasteiger partial charge in [-0.1, -0.05) is 13.8 Å². The number of carbonyl (C=O) groups excluding carboxylic acids is 1. The fraction of sp³-hybridized carbons (Fsp3) is 0.300. The lowest BCUT2D eigenvalue weighted by atomic mass is 10.2. The molecule has 2 aromatic rings. The number of benzene rings is 2. The van der Waals surface area contributed by atoms with Crippen molar-refractivity contribution in [2.75, 3.05) is 25.1 Å². The third kappa shape index (κ3) is 5.34. The van der Waals surface area contributed by atoms with Crippen molar-refractivity contribution >= 4 is 28.9 Å². The van der Waals surface area contributed by atoms with E-state index in [-0.39, 0.29) is 11.0 Å². The molecule has 142 valence electrons. The zero-order valence-corrected chi connectivity index (χ0v) is 16.1. The lowest BCUT2D eigenvalue weighted by molar-refractivity contribution is 0.0977. The molecule has 0 fully saturated rings. The molecule has 0 saturated heterocycles. The zero-order chi connectivity index (χ0) is 19.2. The van der Waals surface area contributed by atoms with Gasteiger partial charge in [-0.05, 0) is 54.5 Å². The number of ether oxygens (including phenoxy) is 3. The smallest absolute Gasteiger partial charge is 0.257 e. The van der Waals surface area contributed by atoms with Gasteiger partial charge in [0.2, 0.25) is 0 Å². The number of nitrogens with one attached hydrogen (secondary N) is 2. The van der Waals surface area contributed by atoms with Crippen LogP contribution in [0.1, 0.15) is 24.2 Å². The Balaban J connectivity index is 1.55. The van der Waals surface area contributed by atoms with Crippen molar-refractivity contribution in [3.05, 3.63) is 48.0 Å². The summed E-state index contributed by atoms with van der Waals surface area (Å²) in [6, 6.07) is 12.4. The first-order valence-corrected chi connectivity index (χ1v) is 9.17. The predicted octanol–water partition coefficient (Wildman–Crippen LogP) is 3.62. The molecule has 1 heterocycles. The number of amides is 1. The number of rotatable bonds is 5. The van der Waals surface area contributed by atoms with Gasteiger partial charge < -0.3 is 19.5 Å². The van der Waals surface area contributed by atoms with Gasteiger partial charge in [0.15, 0.2) is 16.6 Å². The molecule has 6 nitrogen and oxygen atoms in total. The molecule has 0 unspecified atom stereocenters. The van der Waals surface area contributed by atoms with Gasteiger partial charge in [0.05, 0.1) is 6.61 Å². The van der Waals surface area contributed by atoms with Crippen LogP contribution in [0, 0.1) is 5.92 Å². The molecular formula is C20H22N2O4S. The highest BCUT2D eigenvalue weighted by molar-refractivity contribution is 7.80. The van der Waals surface area contributed by atoms with E-state index in [0.29, 0.717) is 48.5 Å². The van der Waals surface area contributed by atoms with Crippen LogP contribution in [0.15, 0.2) is 42.5 Å². The van der Waals surface area contributed by atoms with Crippen LogP contribution in [0.3, 0.4) is 0 Å². The Labute approximate surface area is 163 Å². The molecular weight excluding hydrogens is 364 g/mol. The number of carbonyl (C=O) groups is 1. The minimum Gasteiger partial charge on any atom is -0.493 e. The topological polar surface area (TPSA) is 68.8 Å². The minimum absolute atomic E-state index is 0.205. The molecule has 1 aliphatic rings. The van der Waals surface area contributed by atoms with Gasteiger partial charge in [-0.25, -0.2) is 0 Å². The van der Waals surface area contributed by atoms with Gasteiger partial charge in [-0.3, -0.25) is 10.1 Å². The Morgan fingerprint density at radius 3 is 2.52 bits per heavy atom. The average molecular weight is 386 g/mol. The van der Waals surface area contributed by atoms with E-state index in [2.05, 4.69) is 24.5 Å². The van der Waals surface area contributed by atoms with Crippen molar-refractivity contribution in [2.24, 2.45) is 5.92 Å². The molecule has 0 aromatic heterocycles. The van der Waals surface area contributed by atoms with E-state index in [9.17, 15) is 4.79 Å². The summed E-state index contributed by atoms with van der Waals surface area (Å²) in [5.74, 6) is 2.23. The lowest BCUT2D eigenvalue weighted by Gasteiger charge is -2.19. The van der Waals surface area contributed by atoms with Gasteiger partial charge in [-0.2, -0.15) is 0 Å². The van der Waals surface area contributed by atoms with Gasteiger partial charge in [0.25, 0.3) is 5.91 Å². The molecule has 0 atom stereocenters. The van der Waals surface area contributed by atoms with Gasteiger partial charge in [0.1, 0.15) is 19.0 Å². The molecule has 0 bridgehead atoms. The molecule has 0 aliphatic carbocycles. The number of fused-ring (bicyclic) bond motifs is 1. The number of anilines is 1. The summed E-state index contributed by atoms with van der Waals surface area (Å²) in [6.45, 7) is 5.84. The lowest BCUT2D eigenvalue weighted by Crippen LogP contribution is -2.34. The molecule has 3 rings (SSSR count). The summed E-state index contributed by atoms with van der Waals surface area (Å²) in [5, 5.41) is 5.84. The van der Waals surface area contributed by atoms with Crippen LogP contribution in [0.25, 0.3) is 0 Å². The molecule has 2 aromatic carbocycles. The van der Waals surface area contributed by atoms with Crippen LogP contribution < -0.4 is 24.8 Å². The van der Waals surface area contributed by atoms with E-state index in [4.69, 9.17) is 26.4 Å². The SMILES string of the molecule is CC(C)COc1ccc(C(=O)NC(=S)Nc2ccc3c(c2)OCCO3)cc1. The predicted molar refractivity (Wildman–Crippen MR) is 108 cm³/mol. The second kappa shape index (κ2) is 8.73. The quantitative estimate of drug-likeness (QED) is 0.765. The number of thiocarbonyl (C=S) groups is 1. The summed E-state index contributed by atoms with van der Waals surface area (Å²) in [4.78, 5) is 12.3. The first-order valence-electron chi connectivity index (χ1n) is 8.76. The van der Waals surface area contributed by atoms with Crippen molar-refractivity contribution in [1.82, 2.24) is 5.32 Å². The first-order chi connectivity index (χ1) is 13.0. The molecule has 1 aliphatic heterocycles. The number of hydrogen-bond donors (Lipinski definition) is 2. The van der Waals surface area contributed by atoms with E-state index >= 15 is 0 Å². The van der Waals surface area contributed by atoms with E-state index in [1.165, 1.54) is 0 Å². The molecule has 2 N–H and O–H groups in total. The fourth-order valence-electron chi connectivity index (χ4n) is 2.42. The first kappa shape index (κ1) is 19.0. The third-order valence-electron chi connectivity index (χ3n) is 3.73. The van der Waals surface area contributed by atoms with Crippen LogP contribution in [-0.2, 0) is 0 Å². The summed E-state index contributed by atoms with van der Waals surface area (Å²) in [7, 11) is 0. The standard InChI is InChI=1S/C20H22N2O4S/c1-13(2)12-26-16-6-3-14(4-7-16)19(23)22-20(27)21-15-5-8-17-18(11-15)25-10-9-24-17/h3-8,11,13H,9-10,12H2,1-2H3,(H2,21,22,23,27). The highest BCUT2D eigenvalue weighted by atomic mass is 32.1. The van der Waals surface area contributed by atoms with E-state index in [0.717, 1.165) is 5.75 Å². The molecule has 7 heteroatoms. The van der Waals surface area contributed by atoms with Crippen molar-refractivity contribution in [2.45, 2.75) is 13.8 Å². The maximum atomic E-state index is 12.3. The summed E-state index contributed by atoms with van der Waals surface area (Å²) < 4.78 is 16.6. The van der Waals surface area contributed by atoms with Crippen LogP contribution in [0.4, 0.5) is 5.69 Å². The molecule has 1 amide bonds. The van der Waals surface area contributed by atoms with Gasteiger partial charge in [-0.15, -0.1) is 0 Å². The number of hydrogen-bond acceptors (Lipinski definition) is 5. The Hall–Kier alpha value is -2.80. The van der Waals surface area contributed by atoms with Crippen molar-refractivity contribution in [1.29, 1.82) is 0 Å². The maximum absolute atomic E-state index is 12.3. The fourth-order valence-corrected chi connectivity index (χ4v) is 2.63. The second-order valence-electron chi connectivity index (χ2n) is 6.50. The normalized spacial score (nSPS) is 12.4. The highest BCUT2D eigenvalue weighted by Crippen LogP contribution is 2.32. The largest absolute Gasteiger partial charge is 0.493 e. The van der Waals surface area contributed by atoms with Gasteiger partial charge in [0, 0.05) is 17.3 Å². The molecule has 27 heavy (non-hydrogen) atoms. The highest BCUT2D eigenvalue weighted by Gasteiger charge is 2.13. The maximum Gasteiger partial charge on any atom is 0.257 e. The summed E-state index contributed by atoms with van der Waals surface area (Å²) in [6.07, 6.45) is 0. The van der Waals surface area contributed by atoms with Gasteiger partial charge >= 0.3 is 0 Å². The summed E-state index contributed by atoms with van der Waals surface area (Å²) in [5.41, 5.74) is 1.21. The molecule has 0 saturated carbocycles. The Morgan fingerprint density at radius 1 is 1.11 bits per heavy atom. The van der Waals surface area contributed by atoms with E-state index in [1.54, 1.807) is 36.4 Å². The minimum atomic E-state index is -0.291. The molecule has 0 radical (unpaired) electrons. The molecule has 0 spiro atoms. The monoisotopic (exact) mass is 386 g/mol. The van der Waals surface area contributed by atoms with Crippen LogP contribution in [0.5, 0.6) is 17.2 Å². The van der Waals surface area contributed by atoms with Crippen LogP contribution >= 0.6 is 12.2 Å². The van der Waals surface area contributed by atoms with Crippen molar-refractivity contribution in [3.63, 3.8) is 0 Å². The average Bonchev–Trinajstić information content (AvgIpc) is 2.66. The van der Waals surface area contributed by atoms with E-state index < -0.39 is 0 Å². The van der Waals surface area contributed by atoms with E-state index in [1.807, 2.05) is 6.07 Å². The second-order valence-corrected chi connectivity index (χ2v) is 6.90. The van der Waals surface area contributed by atoms with Crippen LogP contribution in [0.2, 0.25) is 0 Å². The third-order valence-corrected chi connectivity index (χ3v) is 3.93. The van der Waals surface area contributed by atoms with Crippen LogP contribution in [-0.4, -0.2) is 30.8 Å². The Bertz CT molecular complexity index is 821. The van der Waals surface area contributed by atoms with Crippen molar-refractivity contribution < 1.29 is 19.0 Å².